The first kappa shape index (κ1) is 19.2. The van der Waals surface area contributed by atoms with Crippen LogP contribution in [0.15, 0.2) is 5.03 Å². The average Bonchev–Trinajstić information content (AvgIpc) is 3.05. The van der Waals surface area contributed by atoms with Gasteiger partial charge in [-0.05, 0) is 56.9 Å². The molecule has 2 aliphatic rings. The normalized spacial score (nSPS) is 18.0. The number of carbonyl (C=O) groups excluding carboxylic acids is 1. The molecular weight excluding hydrogens is 376 g/mol. The molecule has 0 aromatic carbocycles. The Labute approximate surface area is 169 Å². The van der Waals surface area contributed by atoms with Gasteiger partial charge >= 0.3 is 5.97 Å². The second-order valence-electron chi connectivity index (χ2n) is 7.97. The van der Waals surface area contributed by atoms with Crippen LogP contribution in [0.1, 0.15) is 81.0 Å². The van der Waals surface area contributed by atoms with Crippen LogP contribution in [0.25, 0.3) is 10.2 Å². The van der Waals surface area contributed by atoms with E-state index in [0.29, 0.717) is 5.75 Å². The van der Waals surface area contributed by atoms with Gasteiger partial charge in [-0.3, -0.25) is 4.79 Å². The molecule has 0 spiro atoms. The molecular formula is C21H28N2O2S2. The monoisotopic (exact) mass is 404 g/mol. The second-order valence-corrected chi connectivity index (χ2v) is 10.0. The lowest BCUT2D eigenvalue weighted by atomic mass is 9.97. The predicted octanol–water partition coefficient (Wildman–Crippen LogP) is 5.66. The third-order valence-corrected chi connectivity index (χ3v) is 7.63. The zero-order valence-electron chi connectivity index (χ0n) is 16.3. The zero-order chi connectivity index (χ0) is 18.8. The van der Waals surface area contributed by atoms with E-state index >= 15 is 0 Å². The Morgan fingerprint density at radius 1 is 1.15 bits per heavy atom. The smallest absolute Gasteiger partial charge is 0.316 e. The zero-order valence-corrected chi connectivity index (χ0v) is 17.9. The van der Waals surface area contributed by atoms with Gasteiger partial charge in [-0.1, -0.05) is 32.0 Å². The molecule has 2 aromatic heterocycles. The number of aromatic nitrogens is 2. The third-order valence-electron chi connectivity index (χ3n) is 5.49. The molecule has 0 saturated heterocycles. The topological polar surface area (TPSA) is 52.1 Å². The van der Waals surface area contributed by atoms with E-state index in [4.69, 9.17) is 14.7 Å². The number of nitrogens with zero attached hydrogens (tertiary/aromatic N) is 2. The maximum atomic E-state index is 12.4. The van der Waals surface area contributed by atoms with Crippen LogP contribution in [0, 0.1) is 0 Å². The van der Waals surface area contributed by atoms with Crippen molar-refractivity contribution in [2.75, 3.05) is 5.75 Å². The van der Waals surface area contributed by atoms with E-state index in [1.807, 2.05) is 11.3 Å². The number of rotatable bonds is 5. The summed E-state index contributed by atoms with van der Waals surface area (Å²) in [7, 11) is 0. The van der Waals surface area contributed by atoms with Crippen molar-refractivity contribution in [1.29, 1.82) is 0 Å². The molecule has 0 amide bonds. The summed E-state index contributed by atoms with van der Waals surface area (Å²) in [5.41, 5.74) is 1.43. The van der Waals surface area contributed by atoms with Crippen LogP contribution in [0.5, 0.6) is 0 Å². The van der Waals surface area contributed by atoms with Gasteiger partial charge in [0.25, 0.3) is 0 Å². The van der Waals surface area contributed by atoms with Gasteiger partial charge in [0.15, 0.2) is 0 Å². The van der Waals surface area contributed by atoms with E-state index in [0.717, 1.165) is 41.4 Å². The molecule has 0 N–H and O–H groups in total. The highest BCUT2D eigenvalue weighted by molar-refractivity contribution is 8.00. The summed E-state index contributed by atoms with van der Waals surface area (Å²) in [5.74, 6) is 1.39. The van der Waals surface area contributed by atoms with Gasteiger partial charge in [-0.2, -0.15) is 0 Å². The van der Waals surface area contributed by atoms with E-state index in [2.05, 4.69) is 13.8 Å². The van der Waals surface area contributed by atoms with Gasteiger partial charge in [0, 0.05) is 16.2 Å². The van der Waals surface area contributed by atoms with Crippen molar-refractivity contribution in [3.05, 3.63) is 16.3 Å². The van der Waals surface area contributed by atoms with E-state index in [-0.39, 0.29) is 18.0 Å². The van der Waals surface area contributed by atoms with Crippen molar-refractivity contribution >= 4 is 39.3 Å². The van der Waals surface area contributed by atoms with Gasteiger partial charge in [0.1, 0.15) is 21.8 Å². The fraction of sp³-hybridized carbons (Fsp3) is 0.667. The Balaban J connectivity index is 1.55. The van der Waals surface area contributed by atoms with E-state index in [1.54, 1.807) is 0 Å². The molecule has 4 nitrogen and oxygen atoms in total. The van der Waals surface area contributed by atoms with Crippen LogP contribution in [0.2, 0.25) is 0 Å². The van der Waals surface area contributed by atoms with Crippen molar-refractivity contribution in [3.8, 4) is 0 Å². The average molecular weight is 405 g/mol. The fourth-order valence-corrected chi connectivity index (χ4v) is 6.21. The van der Waals surface area contributed by atoms with Crippen molar-refractivity contribution in [2.24, 2.45) is 0 Å². The second kappa shape index (κ2) is 8.48. The molecule has 6 heteroatoms. The van der Waals surface area contributed by atoms with Crippen LogP contribution >= 0.6 is 23.1 Å². The molecule has 2 aromatic rings. The number of thiophene rings is 1. The molecule has 0 aliphatic heterocycles. The lowest BCUT2D eigenvalue weighted by molar-refractivity contribution is -0.147. The molecule has 0 unspecified atom stereocenters. The standard InChI is InChI=1S/C21H28N2O2S2/c1-13(2)19-22-20(26-12-17(24)25-14-8-4-3-5-9-14)18-15-10-6-7-11-16(15)27-21(18)23-19/h13-14H,3-12H2,1-2H3. The minimum absolute atomic E-state index is 0.103. The summed E-state index contributed by atoms with van der Waals surface area (Å²) >= 11 is 3.36. The van der Waals surface area contributed by atoms with E-state index < -0.39 is 0 Å². The highest BCUT2D eigenvalue weighted by Gasteiger charge is 2.23. The fourth-order valence-electron chi connectivity index (χ4n) is 4.03. The molecule has 2 heterocycles. The summed E-state index contributed by atoms with van der Waals surface area (Å²) in [4.78, 5) is 24.6. The Kier molecular flexibility index (Phi) is 6.02. The number of hydrogen-bond acceptors (Lipinski definition) is 6. The molecule has 27 heavy (non-hydrogen) atoms. The summed E-state index contributed by atoms with van der Waals surface area (Å²) in [6.07, 6.45) is 10.5. The minimum Gasteiger partial charge on any atom is -0.462 e. The number of hydrogen-bond donors (Lipinski definition) is 0. The maximum absolute atomic E-state index is 12.4. The lowest BCUT2D eigenvalue weighted by Gasteiger charge is -2.21. The summed E-state index contributed by atoms with van der Waals surface area (Å²) in [6.45, 7) is 4.25. The van der Waals surface area contributed by atoms with Gasteiger partial charge in [0.05, 0.1) is 5.75 Å². The van der Waals surface area contributed by atoms with E-state index in [1.165, 1.54) is 59.7 Å². The third kappa shape index (κ3) is 4.32. The Hall–Kier alpha value is -1.14. The molecule has 0 radical (unpaired) electrons. The van der Waals surface area contributed by atoms with Crippen molar-refractivity contribution < 1.29 is 9.53 Å². The highest BCUT2D eigenvalue weighted by atomic mass is 32.2. The van der Waals surface area contributed by atoms with Gasteiger partial charge in [-0.25, -0.2) is 9.97 Å². The Bertz CT molecular complexity index is 825. The molecule has 0 bridgehead atoms. The number of esters is 1. The van der Waals surface area contributed by atoms with Crippen LogP contribution in [-0.2, 0) is 22.4 Å². The number of thioether (sulfide) groups is 1. The van der Waals surface area contributed by atoms with Gasteiger partial charge in [-0.15, -0.1) is 11.3 Å². The molecule has 4 rings (SSSR count). The molecule has 1 saturated carbocycles. The molecule has 1 fully saturated rings. The molecule has 0 atom stereocenters. The van der Waals surface area contributed by atoms with Crippen LogP contribution in [0.3, 0.4) is 0 Å². The number of aryl methyl sites for hydroxylation is 2. The van der Waals surface area contributed by atoms with Crippen LogP contribution in [0.4, 0.5) is 0 Å². The maximum Gasteiger partial charge on any atom is 0.316 e. The first-order valence-corrected chi connectivity index (χ1v) is 12.1. The lowest BCUT2D eigenvalue weighted by Crippen LogP contribution is -2.22. The first-order valence-electron chi connectivity index (χ1n) is 10.3. The van der Waals surface area contributed by atoms with Gasteiger partial charge in [0.2, 0.25) is 0 Å². The summed E-state index contributed by atoms with van der Waals surface area (Å²) in [6, 6.07) is 0. The van der Waals surface area contributed by atoms with Crippen molar-refractivity contribution in [2.45, 2.75) is 88.7 Å². The van der Waals surface area contributed by atoms with Crippen molar-refractivity contribution in [1.82, 2.24) is 9.97 Å². The Morgan fingerprint density at radius 3 is 2.70 bits per heavy atom. The largest absolute Gasteiger partial charge is 0.462 e. The number of fused-ring (bicyclic) bond motifs is 3. The number of carbonyl (C=O) groups is 1. The number of ether oxygens (including phenoxy) is 1. The van der Waals surface area contributed by atoms with Crippen LogP contribution in [-0.4, -0.2) is 27.8 Å². The van der Waals surface area contributed by atoms with E-state index in [9.17, 15) is 4.79 Å². The quantitative estimate of drug-likeness (QED) is 0.365. The van der Waals surface area contributed by atoms with Crippen molar-refractivity contribution in [3.63, 3.8) is 0 Å². The molecule has 146 valence electrons. The van der Waals surface area contributed by atoms with Gasteiger partial charge < -0.3 is 4.74 Å². The predicted molar refractivity (Wildman–Crippen MR) is 112 cm³/mol. The molecule has 2 aliphatic carbocycles. The minimum atomic E-state index is -0.103. The summed E-state index contributed by atoms with van der Waals surface area (Å²) in [5, 5.41) is 2.18. The first-order chi connectivity index (χ1) is 13.1. The highest BCUT2D eigenvalue weighted by Crippen LogP contribution is 2.40. The summed E-state index contributed by atoms with van der Waals surface area (Å²) < 4.78 is 5.70. The Morgan fingerprint density at radius 2 is 1.93 bits per heavy atom. The SMILES string of the molecule is CC(C)c1nc(SCC(=O)OC2CCCCC2)c2c3c(sc2n1)CCCC3. The van der Waals surface area contributed by atoms with Crippen LogP contribution < -0.4 is 0 Å².